The molecule has 1 aliphatic heterocycles. The maximum Gasteiger partial charge on any atom is 1.00 e. The maximum atomic E-state index is 12.2. The van der Waals surface area contributed by atoms with Gasteiger partial charge in [-0.05, 0) is 25.7 Å². The van der Waals surface area contributed by atoms with Crippen molar-refractivity contribution >= 4 is 11.7 Å². The Morgan fingerprint density at radius 2 is 2.04 bits per heavy atom. The summed E-state index contributed by atoms with van der Waals surface area (Å²) in [5.74, 6) is -1.00. The van der Waals surface area contributed by atoms with Crippen molar-refractivity contribution < 1.29 is 79.2 Å². The molecule has 0 aromatic carbocycles. The zero-order valence-electron chi connectivity index (χ0n) is 13.2. The number of carboxylic acid groups (broad SMARTS) is 1. The van der Waals surface area contributed by atoms with E-state index in [2.05, 4.69) is 9.84 Å². The number of ether oxygens (including phenoxy) is 1. The van der Waals surface area contributed by atoms with Crippen LogP contribution in [0.3, 0.4) is 0 Å². The first-order valence-corrected chi connectivity index (χ1v) is 7.48. The first-order chi connectivity index (χ1) is 10.7. The van der Waals surface area contributed by atoms with Crippen LogP contribution >= 0.6 is 0 Å². The molecule has 0 amide bonds. The van der Waals surface area contributed by atoms with Crippen molar-refractivity contribution in [3.05, 3.63) is 12.4 Å². The van der Waals surface area contributed by atoms with Crippen LogP contribution in [0, 0.1) is 5.41 Å². The summed E-state index contributed by atoms with van der Waals surface area (Å²) >= 11 is 0. The zero-order valence-corrected chi connectivity index (χ0v) is 16.3. The van der Waals surface area contributed by atoms with Crippen LogP contribution in [0.15, 0.2) is 12.4 Å². The van der Waals surface area contributed by atoms with E-state index in [1.165, 1.54) is 0 Å². The van der Waals surface area contributed by atoms with Gasteiger partial charge in [0.15, 0.2) is 0 Å². The summed E-state index contributed by atoms with van der Waals surface area (Å²) in [4.78, 5) is 12.8. The van der Waals surface area contributed by atoms with Gasteiger partial charge in [-0.15, -0.1) is 13.2 Å². The van der Waals surface area contributed by atoms with Crippen molar-refractivity contribution in [3.63, 3.8) is 0 Å². The number of hydrogen-bond donors (Lipinski definition) is 0. The number of carbonyl (C=O) groups is 1. The van der Waals surface area contributed by atoms with Crippen LogP contribution < -0.4 is 61.4 Å². The summed E-state index contributed by atoms with van der Waals surface area (Å²) in [7, 11) is 0. The summed E-state index contributed by atoms with van der Waals surface area (Å²) in [6.45, 7) is 0.642. The molecule has 0 radical (unpaired) electrons. The number of rotatable bonds is 4. The first kappa shape index (κ1) is 18.7. The number of nitrogens with zero attached hydrogens (tertiary/aromatic N) is 3. The second-order valence-corrected chi connectivity index (χ2v) is 6.89. The molecule has 6 nitrogen and oxygen atoms in total. The van der Waals surface area contributed by atoms with Gasteiger partial charge in [-0.1, -0.05) is 0 Å². The first-order valence-electron chi connectivity index (χ1n) is 7.48. The average molecular weight is 369 g/mol. The van der Waals surface area contributed by atoms with E-state index in [1.807, 2.05) is 0 Å². The van der Waals surface area contributed by atoms with Crippen LogP contribution in [-0.2, 0) is 15.1 Å². The van der Waals surface area contributed by atoms with Crippen LogP contribution in [0.5, 0.6) is 0 Å². The fourth-order valence-electron chi connectivity index (χ4n) is 4.18. The van der Waals surface area contributed by atoms with Gasteiger partial charge < -0.3 is 14.8 Å². The van der Waals surface area contributed by atoms with Crippen molar-refractivity contribution in [2.75, 3.05) is 18.0 Å². The Kier molecular flexibility index (Phi) is 4.62. The molecule has 3 aliphatic carbocycles. The summed E-state index contributed by atoms with van der Waals surface area (Å²) in [6, 6.07) is 0. The van der Waals surface area contributed by atoms with Crippen LogP contribution in [0.1, 0.15) is 25.7 Å². The number of aromatic nitrogens is 2. The van der Waals surface area contributed by atoms with Gasteiger partial charge in [0.2, 0.25) is 0 Å². The van der Waals surface area contributed by atoms with E-state index in [4.69, 9.17) is 0 Å². The molecule has 10 heteroatoms. The Balaban J connectivity index is 0.00000169. The maximum absolute atomic E-state index is 12.2. The number of anilines is 1. The van der Waals surface area contributed by atoms with Crippen molar-refractivity contribution in [1.82, 2.24) is 9.78 Å². The minimum absolute atomic E-state index is 0. The predicted octanol–water partition coefficient (Wildman–Crippen LogP) is -2.37. The quantitative estimate of drug-likeness (QED) is 0.555. The van der Waals surface area contributed by atoms with E-state index in [-0.39, 0.29) is 63.5 Å². The molecule has 2 bridgehead atoms. The summed E-state index contributed by atoms with van der Waals surface area (Å²) in [5, 5.41) is 15.3. The molecule has 2 heterocycles. The Morgan fingerprint density at radius 3 is 2.62 bits per heavy atom. The summed E-state index contributed by atoms with van der Waals surface area (Å²) < 4.78 is 42.6. The Labute approximate surface area is 178 Å². The summed E-state index contributed by atoms with van der Waals surface area (Å²) in [6.07, 6.45) is -0.222. The molecule has 3 saturated carbocycles. The van der Waals surface area contributed by atoms with Crippen LogP contribution in [-0.4, -0.2) is 41.3 Å². The monoisotopic (exact) mass is 369 g/mol. The number of carboxylic acids is 1. The number of alkyl halides is 3. The Bertz CT molecular complexity index is 643. The molecule has 4 aliphatic rings. The van der Waals surface area contributed by atoms with Crippen LogP contribution in [0.4, 0.5) is 18.9 Å². The second-order valence-electron chi connectivity index (χ2n) is 6.89. The predicted molar refractivity (Wildman–Crippen MR) is 69.3 cm³/mol. The number of halogens is 3. The van der Waals surface area contributed by atoms with Crippen molar-refractivity contribution in [2.24, 2.45) is 5.41 Å². The standard InChI is InChI=1S/C14H16F3N3O3.K/c15-14(16,17)23-10-1-2-19(5-10)9-3-18-20(4-9)13-6-12(7-13,8-13)11(21)22;/h3-4,10H,1-2,5-8H2,(H,21,22);/q;+1/p-1. The normalized spacial score (nSPS) is 34.3. The van der Waals surface area contributed by atoms with Gasteiger partial charge in [0.05, 0.1) is 23.5 Å². The van der Waals surface area contributed by atoms with E-state index >= 15 is 0 Å². The van der Waals surface area contributed by atoms with Gasteiger partial charge in [0.25, 0.3) is 0 Å². The van der Waals surface area contributed by atoms with Gasteiger partial charge in [0, 0.05) is 30.7 Å². The topological polar surface area (TPSA) is 70.4 Å². The van der Waals surface area contributed by atoms with Gasteiger partial charge in [0.1, 0.15) is 0 Å². The fourth-order valence-corrected chi connectivity index (χ4v) is 4.18. The third-order valence-corrected chi connectivity index (χ3v) is 5.30. The molecular formula is C14H15F3KN3O3. The third kappa shape index (κ3) is 2.94. The second kappa shape index (κ2) is 5.95. The molecule has 4 fully saturated rings. The Morgan fingerprint density at radius 1 is 1.38 bits per heavy atom. The van der Waals surface area contributed by atoms with Gasteiger partial charge in [-0.2, -0.15) is 5.10 Å². The molecule has 1 unspecified atom stereocenters. The average Bonchev–Trinajstić information content (AvgIpc) is 2.91. The Hall–Kier alpha value is -0.134. The van der Waals surface area contributed by atoms with Gasteiger partial charge in [-0.3, -0.25) is 9.42 Å². The number of hydrogen-bond acceptors (Lipinski definition) is 5. The molecular weight excluding hydrogens is 354 g/mol. The van der Waals surface area contributed by atoms with E-state index in [0.717, 1.165) is 5.69 Å². The van der Waals surface area contributed by atoms with Crippen molar-refractivity contribution in [2.45, 2.75) is 43.7 Å². The molecule has 1 aromatic heterocycles. The van der Waals surface area contributed by atoms with Gasteiger partial charge in [-0.25, -0.2) is 0 Å². The minimum Gasteiger partial charge on any atom is -0.550 e. The molecule has 126 valence electrons. The van der Waals surface area contributed by atoms with E-state index in [0.29, 0.717) is 32.2 Å². The molecule has 1 aromatic rings. The van der Waals surface area contributed by atoms with E-state index in [9.17, 15) is 23.1 Å². The van der Waals surface area contributed by atoms with Gasteiger partial charge >= 0.3 is 57.7 Å². The van der Waals surface area contributed by atoms with Crippen LogP contribution in [0.2, 0.25) is 0 Å². The fraction of sp³-hybridized carbons (Fsp3) is 0.714. The van der Waals surface area contributed by atoms with E-state index in [1.54, 1.807) is 22.0 Å². The molecule has 1 atom stereocenters. The number of carbonyl (C=O) groups excluding carboxylic acids is 1. The third-order valence-electron chi connectivity index (χ3n) is 5.30. The smallest absolute Gasteiger partial charge is 0.550 e. The molecule has 1 saturated heterocycles. The zero-order chi connectivity index (χ0) is 16.5. The van der Waals surface area contributed by atoms with Crippen molar-refractivity contribution in [1.29, 1.82) is 0 Å². The largest absolute Gasteiger partial charge is 1.00 e. The minimum atomic E-state index is -4.62. The van der Waals surface area contributed by atoms with Crippen molar-refractivity contribution in [3.8, 4) is 0 Å². The SMILES string of the molecule is O=C([O-])C12CC(n3cc(N4CCC(OC(F)(F)F)C4)cn3)(C1)C2.[K+]. The molecule has 5 rings (SSSR count). The van der Waals surface area contributed by atoms with Crippen LogP contribution in [0.25, 0.3) is 0 Å². The summed E-state index contributed by atoms with van der Waals surface area (Å²) in [5.41, 5.74) is -0.198. The van der Waals surface area contributed by atoms with E-state index < -0.39 is 23.9 Å². The molecule has 0 spiro atoms. The molecule has 24 heavy (non-hydrogen) atoms. The molecule has 0 N–H and O–H groups in total. The number of aliphatic carboxylic acids is 1.